The van der Waals surface area contributed by atoms with E-state index in [4.69, 9.17) is 21.7 Å². The first kappa shape index (κ1) is 20.6. The van der Waals surface area contributed by atoms with Crippen molar-refractivity contribution in [3.63, 3.8) is 0 Å². The largest absolute Gasteiger partial charge is 0.496 e. The van der Waals surface area contributed by atoms with Gasteiger partial charge in [0.1, 0.15) is 5.75 Å². The maximum atomic E-state index is 12.4. The van der Waals surface area contributed by atoms with Gasteiger partial charge in [0.25, 0.3) is 0 Å². The van der Waals surface area contributed by atoms with Crippen LogP contribution in [0.5, 0.6) is 11.5 Å². The first-order valence-corrected chi connectivity index (χ1v) is 8.87. The fourth-order valence-electron chi connectivity index (χ4n) is 3.24. The molecule has 0 bridgehead atoms. The molecule has 0 amide bonds. The van der Waals surface area contributed by atoms with E-state index in [-0.39, 0.29) is 17.2 Å². The Labute approximate surface area is 163 Å². The van der Waals surface area contributed by atoms with E-state index in [1.807, 2.05) is 18.7 Å². The number of nitro groups is 1. The van der Waals surface area contributed by atoms with Crippen LogP contribution < -0.4 is 14.8 Å². The molecule has 1 aromatic carbocycles. The van der Waals surface area contributed by atoms with Crippen molar-refractivity contribution in [2.45, 2.75) is 33.2 Å². The van der Waals surface area contributed by atoms with Gasteiger partial charge in [-0.1, -0.05) is 6.92 Å². The highest BCUT2D eigenvalue weighted by molar-refractivity contribution is 7.80. The third-order valence-electron chi connectivity index (χ3n) is 4.46. The Morgan fingerprint density at radius 1 is 1.33 bits per heavy atom. The standard InChI is InChI=1S/C18H23N3O5S/c1-6-7-20-10(2)16(11(3)22)17(19-18(20)27)12-8-13(21(23)24)15(26-5)9-14(12)25-4/h8-9,17H,6-7H2,1-5H3,(H,19,27). The zero-order valence-electron chi connectivity index (χ0n) is 16.0. The number of carbonyl (C=O) groups excluding carboxylic acids is 1. The summed E-state index contributed by atoms with van der Waals surface area (Å²) in [6, 6.07) is 2.16. The summed E-state index contributed by atoms with van der Waals surface area (Å²) in [5.74, 6) is 0.305. The summed E-state index contributed by atoms with van der Waals surface area (Å²) in [4.78, 5) is 25.2. The van der Waals surface area contributed by atoms with Gasteiger partial charge in [-0.25, -0.2) is 0 Å². The minimum absolute atomic E-state index is 0.0803. The Morgan fingerprint density at radius 2 is 1.96 bits per heavy atom. The number of methoxy groups -OCH3 is 2. The van der Waals surface area contributed by atoms with Crippen LogP contribution in [0.4, 0.5) is 5.69 Å². The number of nitro benzene ring substituents is 1. The lowest BCUT2D eigenvalue weighted by Crippen LogP contribution is -2.47. The molecule has 2 rings (SSSR count). The third-order valence-corrected chi connectivity index (χ3v) is 4.80. The van der Waals surface area contributed by atoms with E-state index >= 15 is 0 Å². The van der Waals surface area contributed by atoms with Gasteiger partial charge in [-0.2, -0.15) is 0 Å². The van der Waals surface area contributed by atoms with Crippen molar-refractivity contribution < 1.29 is 19.2 Å². The van der Waals surface area contributed by atoms with Crippen molar-refractivity contribution in [1.29, 1.82) is 0 Å². The van der Waals surface area contributed by atoms with Gasteiger partial charge in [0.15, 0.2) is 10.9 Å². The fraction of sp³-hybridized carbons (Fsp3) is 0.444. The molecule has 0 saturated heterocycles. The molecule has 1 unspecified atom stereocenters. The second-order valence-electron chi connectivity index (χ2n) is 6.11. The van der Waals surface area contributed by atoms with E-state index in [2.05, 4.69) is 5.32 Å². The maximum absolute atomic E-state index is 12.4. The average molecular weight is 393 g/mol. The molecule has 1 heterocycles. The highest BCUT2D eigenvalue weighted by atomic mass is 32.1. The van der Waals surface area contributed by atoms with Gasteiger partial charge in [0.05, 0.1) is 25.2 Å². The van der Waals surface area contributed by atoms with Crippen LogP contribution in [0.1, 0.15) is 38.8 Å². The number of nitrogens with one attached hydrogen (secondary N) is 1. The van der Waals surface area contributed by atoms with E-state index in [1.54, 1.807) is 0 Å². The summed E-state index contributed by atoms with van der Waals surface area (Å²) in [6.07, 6.45) is 0.854. The van der Waals surface area contributed by atoms with Crippen LogP contribution in [0.3, 0.4) is 0 Å². The molecule has 8 nitrogen and oxygen atoms in total. The minimum Gasteiger partial charge on any atom is -0.496 e. The Balaban J connectivity index is 2.71. The van der Waals surface area contributed by atoms with Crippen LogP contribution in [0, 0.1) is 10.1 Å². The molecule has 0 fully saturated rings. The van der Waals surface area contributed by atoms with Gasteiger partial charge < -0.3 is 19.7 Å². The fourth-order valence-corrected chi connectivity index (χ4v) is 3.58. The van der Waals surface area contributed by atoms with Crippen molar-refractivity contribution in [3.05, 3.63) is 39.1 Å². The Morgan fingerprint density at radius 3 is 2.44 bits per heavy atom. The van der Waals surface area contributed by atoms with E-state index in [1.165, 1.54) is 33.3 Å². The molecular weight excluding hydrogens is 370 g/mol. The molecule has 1 aliphatic rings. The van der Waals surface area contributed by atoms with Gasteiger partial charge in [-0.05, 0) is 32.5 Å². The predicted octanol–water partition coefficient (Wildman–Crippen LogP) is 3.12. The number of thiocarbonyl (C=S) groups is 1. The summed E-state index contributed by atoms with van der Waals surface area (Å²) in [7, 11) is 2.81. The summed E-state index contributed by atoms with van der Waals surface area (Å²) in [5.41, 5.74) is 1.47. The topological polar surface area (TPSA) is 93.9 Å². The number of hydrogen-bond donors (Lipinski definition) is 1. The highest BCUT2D eigenvalue weighted by Crippen LogP contribution is 2.41. The number of carbonyl (C=O) groups is 1. The highest BCUT2D eigenvalue weighted by Gasteiger charge is 2.35. The van der Waals surface area contributed by atoms with Crippen LogP contribution in [0.25, 0.3) is 0 Å². The van der Waals surface area contributed by atoms with Crippen molar-refractivity contribution in [2.75, 3.05) is 20.8 Å². The first-order chi connectivity index (χ1) is 12.8. The summed E-state index contributed by atoms with van der Waals surface area (Å²) in [6.45, 7) is 5.99. The molecule has 1 aromatic rings. The molecule has 0 radical (unpaired) electrons. The molecule has 0 spiro atoms. The van der Waals surface area contributed by atoms with Gasteiger partial charge in [-0.3, -0.25) is 14.9 Å². The minimum atomic E-state index is -0.650. The monoisotopic (exact) mass is 393 g/mol. The van der Waals surface area contributed by atoms with Crippen LogP contribution in [-0.4, -0.2) is 41.5 Å². The van der Waals surface area contributed by atoms with E-state index in [9.17, 15) is 14.9 Å². The zero-order valence-corrected chi connectivity index (χ0v) is 16.8. The molecule has 9 heteroatoms. The van der Waals surface area contributed by atoms with Crippen LogP contribution in [0.2, 0.25) is 0 Å². The van der Waals surface area contributed by atoms with E-state index < -0.39 is 11.0 Å². The Hall–Kier alpha value is -2.68. The molecule has 0 saturated carbocycles. The number of Topliss-reactive ketones (excluding diaryl/α,β-unsaturated/α-hetero) is 1. The van der Waals surface area contributed by atoms with Crippen molar-refractivity contribution in [1.82, 2.24) is 10.2 Å². The molecular formula is C18H23N3O5S. The van der Waals surface area contributed by atoms with Gasteiger partial charge in [-0.15, -0.1) is 0 Å². The predicted molar refractivity (Wildman–Crippen MR) is 105 cm³/mol. The summed E-state index contributed by atoms with van der Waals surface area (Å²) in [5, 5.41) is 15.1. The number of allylic oxidation sites excluding steroid dienone is 1. The molecule has 1 atom stereocenters. The van der Waals surface area contributed by atoms with E-state index in [0.29, 0.717) is 28.5 Å². The number of nitrogens with zero attached hydrogens (tertiary/aromatic N) is 2. The Bertz CT molecular complexity index is 821. The van der Waals surface area contributed by atoms with Crippen molar-refractivity contribution in [3.8, 4) is 11.5 Å². The first-order valence-electron chi connectivity index (χ1n) is 8.46. The van der Waals surface area contributed by atoms with Crippen LogP contribution in [-0.2, 0) is 4.79 Å². The zero-order chi connectivity index (χ0) is 20.3. The summed E-state index contributed by atoms with van der Waals surface area (Å²) < 4.78 is 10.5. The van der Waals surface area contributed by atoms with Crippen molar-refractivity contribution in [2.24, 2.45) is 0 Å². The molecule has 0 aromatic heterocycles. The lowest BCUT2D eigenvalue weighted by Gasteiger charge is -2.38. The second kappa shape index (κ2) is 8.34. The number of hydrogen-bond acceptors (Lipinski definition) is 6. The number of benzene rings is 1. The second-order valence-corrected chi connectivity index (χ2v) is 6.50. The molecule has 0 aliphatic carbocycles. The maximum Gasteiger partial charge on any atom is 0.311 e. The Kier molecular flexibility index (Phi) is 6.37. The van der Waals surface area contributed by atoms with Gasteiger partial charge in [0.2, 0.25) is 5.75 Å². The molecule has 27 heavy (non-hydrogen) atoms. The SMILES string of the molecule is CCCN1C(=S)NC(c2cc([N+](=O)[O-])c(OC)cc2OC)C(C(C)=O)=C1C. The summed E-state index contributed by atoms with van der Waals surface area (Å²) >= 11 is 5.47. The molecule has 146 valence electrons. The van der Waals surface area contributed by atoms with E-state index in [0.717, 1.165) is 12.1 Å². The van der Waals surface area contributed by atoms with Crippen LogP contribution >= 0.6 is 12.2 Å². The number of ether oxygens (including phenoxy) is 2. The quantitative estimate of drug-likeness (QED) is 0.429. The lowest BCUT2D eigenvalue weighted by atomic mass is 9.91. The molecule has 1 N–H and O–H groups in total. The van der Waals surface area contributed by atoms with Crippen LogP contribution in [0.15, 0.2) is 23.4 Å². The molecule has 1 aliphatic heterocycles. The van der Waals surface area contributed by atoms with Crippen molar-refractivity contribution >= 4 is 28.8 Å². The number of rotatable bonds is 7. The normalized spacial score (nSPS) is 16.9. The van der Waals surface area contributed by atoms with Gasteiger partial charge in [0, 0.05) is 35.5 Å². The lowest BCUT2D eigenvalue weighted by molar-refractivity contribution is -0.385. The number of ketones is 1. The third kappa shape index (κ3) is 3.87. The van der Waals surface area contributed by atoms with Gasteiger partial charge >= 0.3 is 5.69 Å². The smallest absolute Gasteiger partial charge is 0.311 e. The average Bonchev–Trinajstić information content (AvgIpc) is 2.62.